The van der Waals surface area contributed by atoms with Crippen LogP contribution in [0.5, 0.6) is 5.75 Å². The molecule has 0 unspecified atom stereocenters. The minimum absolute atomic E-state index is 0.0223. The SMILES string of the molecule is Cc1cc(C)c(C)c(OCCC(=O)NCc2cnn(C)c2)c1. The zero-order valence-electron chi connectivity index (χ0n) is 13.6. The molecule has 118 valence electrons. The normalized spacial score (nSPS) is 10.5. The molecule has 1 aromatic heterocycles. The highest BCUT2D eigenvalue weighted by atomic mass is 16.5. The topological polar surface area (TPSA) is 56.1 Å². The maximum atomic E-state index is 11.8. The lowest BCUT2D eigenvalue weighted by Crippen LogP contribution is -2.24. The van der Waals surface area contributed by atoms with E-state index in [0.29, 0.717) is 19.6 Å². The fraction of sp³-hybridized carbons (Fsp3) is 0.412. The fourth-order valence-electron chi connectivity index (χ4n) is 2.26. The highest BCUT2D eigenvalue weighted by Gasteiger charge is 2.06. The van der Waals surface area contributed by atoms with Crippen molar-refractivity contribution in [1.82, 2.24) is 15.1 Å². The Morgan fingerprint density at radius 1 is 1.32 bits per heavy atom. The van der Waals surface area contributed by atoms with Gasteiger partial charge in [-0.05, 0) is 43.5 Å². The molecule has 1 aromatic carbocycles. The summed E-state index contributed by atoms with van der Waals surface area (Å²) in [5.41, 5.74) is 4.48. The third-order valence-electron chi connectivity index (χ3n) is 3.60. The van der Waals surface area contributed by atoms with Gasteiger partial charge in [0.25, 0.3) is 0 Å². The Balaban J connectivity index is 1.77. The van der Waals surface area contributed by atoms with Crippen LogP contribution in [0.4, 0.5) is 0 Å². The van der Waals surface area contributed by atoms with Gasteiger partial charge in [0, 0.05) is 25.4 Å². The minimum atomic E-state index is -0.0223. The number of hydrogen-bond donors (Lipinski definition) is 1. The first kappa shape index (κ1) is 16.1. The molecule has 0 saturated carbocycles. The van der Waals surface area contributed by atoms with Crippen molar-refractivity contribution in [2.75, 3.05) is 6.61 Å². The molecule has 5 heteroatoms. The second kappa shape index (κ2) is 7.11. The zero-order chi connectivity index (χ0) is 16.1. The molecule has 0 bridgehead atoms. The number of aromatic nitrogens is 2. The van der Waals surface area contributed by atoms with Crippen LogP contribution >= 0.6 is 0 Å². The molecule has 0 radical (unpaired) electrons. The summed E-state index contributed by atoms with van der Waals surface area (Å²) in [5, 5.41) is 6.93. The van der Waals surface area contributed by atoms with Crippen LogP contribution in [0.3, 0.4) is 0 Å². The molecule has 0 fully saturated rings. The Morgan fingerprint density at radius 3 is 2.77 bits per heavy atom. The molecule has 1 N–H and O–H groups in total. The van der Waals surface area contributed by atoms with Crippen LogP contribution in [0.2, 0.25) is 0 Å². The van der Waals surface area contributed by atoms with Crippen molar-refractivity contribution >= 4 is 5.91 Å². The van der Waals surface area contributed by atoms with Gasteiger partial charge in [-0.25, -0.2) is 0 Å². The van der Waals surface area contributed by atoms with Gasteiger partial charge in [-0.15, -0.1) is 0 Å². The largest absolute Gasteiger partial charge is 0.493 e. The molecule has 5 nitrogen and oxygen atoms in total. The smallest absolute Gasteiger partial charge is 0.223 e. The molecular weight excluding hydrogens is 278 g/mol. The molecule has 0 aliphatic rings. The summed E-state index contributed by atoms with van der Waals surface area (Å²) in [6.07, 6.45) is 3.97. The van der Waals surface area contributed by atoms with Crippen molar-refractivity contribution in [3.8, 4) is 5.75 Å². The van der Waals surface area contributed by atoms with E-state index in [1.54, 1.807) is 10.9 Å². The van der Waals surface area contributed by atoms with Gasteiger partial charge in [0.1, 0.15) is 5.75 Å². The Morgan fingerprint density at radius 2 is 2.09 bits per heavy atom. The van der Waals surface area contributed by atoms with E-state index in [-0.39, 0.29) is 5.91 Å². The maximum absolute atomic E-state index is 11.8. The molecule has 0 spiro atoms. The number of carbonyl (C=O) groups excluding carboxylic acids is 1. The Kier molecular flexibility index (Phi) is 5.20. The first-order chi connectivity index (χ1) is 10.5. The lowest BCUT2D eigenvalue weighted by atomic mass is 10.1. The predicted molar refractivity (Wildman–Crippen MR) is 85.8 cm³/mol. The number of nitrogens with zero attached hydrogens (tertiary/aromatic N) is 2. The van der Waals surface area contributed by atoms with Crippen LogP contribution in [-0.2, 0) is 18.4 Å². The average molecular weight is 301 g/mol. The molecule has 0 aliphatic heterocycles. The minimum Gasteiger partial charge on any atom is -0.493 e. The summed E-state index contributed by atoms with van der Waals surface area (Å²) in [7, 11) is 1.85. The highest BCUT2D eigenvalue weighted by molar-refractivity contribution is 5.75. The van der Waals surface area contributed by atoms with Gasteiger partial charge in [0.15, 0.2) is 0 Å². The number of aryl methyl sites for hydroxylation is 3. The van der Waals surface area contributed by atoms with Crippen LogP contribution < -0.4 is 10.1 Å². The Bertz CT molecular complexity index is 662. The van der Waals surface area contributed by atoms with Gasteiger partial charge < -0.3 is 10.1 Å². The van der Waals surface area contributed by atoms with Crippen LogP contribution in [0.15, 0.2) is 24.5 Å². The standard InChI is InChI=1S/C17H23N3O2/c1-12-7-13(2)14(3)16(8-12)22-6-5-17(21)18-9-15-10-19-20(4)11-15/h7-8,10-11H,5-6,9H2,1-4H3,(H,18,21). The number of rotatable bonds is 6. The summed E-state index contributed by atoms with van der Waals surface area (Å²) < 4.78 is 7.46. The van der Waals surface area contributed by atoms with Crippen molar-refractivity contribution in [2.45, 2.75) is 33.7 Å². The number of benzene rings is 1. The highest BCUT2D eigenvalue weighted by Crippen LogP contribution is 2.23. The van der Waals surface area contributed by atoms with Crippen molar-refractivity contribution < 1.29 is 9.53 Å². The van der Waals surface area contributed by atoms with E-state index in [4.69, 9.17) is 4.74 Å². The summed E-state index contributed by atoms with van der Waals surface area (Å²) in [5.74, 6) is 0.837. The van der Waals surface area contributed by atoms with E-state index in [1.807, 2.05) is 33.2 Å². The van der Waals surface area contributed by atoms with Crippen molar-refractivity contribution in [3.63, 3.8) is 0 Å². The molecule has 2 rings (SSSR count). The van der Waals surface area contributed by atoms with Gasteiger partial charge in [0.2, 0.25) is 5.91 Å². The van der Waals surface area contributed by atoms with Crippen LogP contribution in [0.25, 0.3) is 0 Å². The summed E-state index contributed by atoms with van der Waals surface area (Å²) in [6, 6.07) is 4.14. The lowest BCUT2D eigenvalue weighted by Gasteiger charge is -2.12. The zero-order valence-corrected chi connectivity index (χ0v) is 13.6. The van der Waals surface area contributed by atoms with Crippen LogP contribution in [0.1, 0.15) is 28.7 Å². The first-order valence-electron chi connectivity index (χ1n) is 7.40. The Labute approximate surface area is 131 Å². The van der Waals surface area contributed by atoms with E-state index in [9.17, 15) is 4.79 Å². The number of hydrogen-bond acceptors (Lipinski definition) is 3. The molecule has 0 atom stereocenters. The summed E-state index contributed by atoms with van der Waals surface area (Å²) >= 11 is 0. The van der Waals surface area contributed by atoms with E-state index in [0.717, 1.165) is 16.9 Å². The Hall–Kier alpha value is -2.30. The quantitative estimate of drug-likeness (QED) is 0.891. The third kappa shape index (κ3) is 4.35. The van der Waals surface area contributed by atoms with E-state index >= 15 is 0 Å². The maximum Gasteiger partial charge on any atom is 0.223 e. The lowest BCUT2D eigenvalue weighted by molar-refractivity contribution is -0.121. The van der Waals surface area contributed by atoms with Gasteiger partial charge >= 0.3 is 0 Å². The molecule has 0 aliphatic carbocycles. The number of carbonyl (C=O) groups is 1. The van der Waals surface area contributed by atoms with Gasteiger partial charge in [-0.3, -0.25) is 9.48 Å². The summed E-state index contributed by atoms with van der Waals surface area (Å²) in [4.78, 5) is 11.8. The average Bonchev–Trinajstić information content (AvgIpc) is 2.87. The monoisotopic (exact) mass is 301 g/mol. The third-order valence-corrected chi connectivity index (χ3v) is 3.60. The van der Waals surface area contributed by atoms with Crippen molar-refractivity contribution in [1.29, 1.82) is 0 Å². The van der Waals surface area contributed by atoms with Crippen LogP contribution in [-0.4, -0.2) is 22.3 Å². The van der Waals surface area contributed by atoms with E-state index < -0.39 is 0 Å². The molecule has 2 aromatic rings. The van der Waals surface area contributed by atoms with Crippen LogP contribution in [0, 0.1) is 20.8 Å². The molecule has 0 saturated heterocycles. The summed E-state index contributed by atoms with van der Waals surface area (Å²) in [6.45, 7) is 7.01. The second-order valence-corrected chi connectivity index (χ2v) is 5.60. The molecule has 22 heavy (non-hydrogen) atoms. The number of ether oxygens (including phenoxy) is 1. The van der Waals surface area contributed by atoms with Gasteiger partial charge in [-0.1, -0.05) is 6.07 Å². The number of nitrogens with one attached hydrogen (secondary N) is 1. The second-order valence-electron chi connectivity index (χ2n) is 5.60. The van der Waals surface area contributed by atoms with Gasteiger partial charge in [0.05, 0.1) is 19.2 Å². The predicted octanol–water partition coefficient (Wildman–Crippen LogP) is 2.43. The first-order valence-corrected chi connectivity index (χ1v) is 7.40. The number of amides is 1. The molecular formula is C17H23N3O2. The van der Waals surface area contributed by atoms with Crippen molar-refractivity contribution in [3.05, 3.63) is 46.8 Å². The fourth-order valence-corrected chi connectivity index (χ4v) is 2.26. The molecule has 1 heterocycles. The van der Waals surface area contributed by atoms with E-state index in [2.05, 4.69) is 23.4 Å². The molecule has 1 amide bonds. The van der Waals surface area contributed by atoms with E-state index in [1.165, 1.54) is 11.1 Å². The van der Waals surface area contributed by atoms with Gasteiger partial charge in [-0.2, -0.15) is 5.10 Å². The van der Waals surface area contributed by atoms with Crippen molar-refractivity contribution in [2.24, 2.45) is 7.05 Å².